The average molecular weight is 267 g/mol. The molecule has 2 amide bonds. The fraction of sp³-hybridized carbons (Fsp3) is 0.385. The Morgan fingerprint density at radius 3 is 2.72 bits per heavy atom. The fourth-order valence-corrected chi connectivity index (χ4v) is 2.29. The molecule has 1 aliphatic heterocycles. The Kier molecular flexibility index (Phi) is 3.87. The summed E-state index contributed by atoms with van der Waals surface area (Å²) in [6.07, 6.45) is 0.787. The van der Waals surface area contributed by atoms with Crippen molar-refractivity contribution in [2.45, 2.75) is 19.4 Å². The molecule has 1 unspecified atom stereocenters. The van der Waals surface area contributed by atoms with Crippen LogP contribution in [0.2, 0.25) is 5.02 Å². The van der Waals surface area contributed by atoms with Gasteiger partial charge in [-0.1, -0.05) is 23.7 Å². The first kappa shape index (κ1) is 12.9. The van der Waals surface area contributed by atoms with Crippen LogP contribution in [0.5, 0.6) is 0 Å². The maximum Gasteiger partial charge on any atom is 0.253 e. The van der Waals surface area contributed by atoms with Crippen LogP contribution in [0.15, 0.2) is 24.3 Å². The second kappa shape index (κ2) is 5.40. The largest absolute Gasteiger partial charge is 0.347 e. The monoisotopic (exact) mass is 266 g/mol. The molecule has 0 aromatic heterocycles. The Morgan fingerprint density at radius 1 is 1.39 bits per heavy atom. The molecule has 0 aliphatic carbocycles. The Balaban J connectivity index is 1.97. The van der Waals surface area contributed by atoms with Gasteiger partial charge >= 0.3 is 0 Å². The zero-order valence-corrected chi connectivity index (χ0v) is 10.9. The summed E-state index contributed by atoms with van der Waals surface area (Å²) in [6, 6.07) is 6.95. The van der Waals surface area contributed by atoms with Crippen LogP contribution in [0.25, 0.3) is 0 Å². The smallest absolute Gasteiger partial charge is 0.253 e. The van der Waals surface area contributed by atoms with E-state index in [2.05, 4.69) is 5.32 Å². The number of rotatable bonds is 2. The van der Waals surface area contributed by atoms with Crippen LogP contribution < -0.4 is 5.32 Å². The molecule has 1 heterocycles. The van der Waals surface area contributed by atoms with Crippen LogP contribution in [-0.2, 0) is 4.79 Å². The Bertz CT molecular complexity index is 476. The number of amides is 2. The van der Waals surface area contributed by atoms with Crippen molar-refractivity contribution in [1.82, 2.24) is 10.2 Å². The molecule has 0 spiro atoms. The van der Waals surface area contributed by atoms with Crippen molar-refractivity contribution in [1.29, 1.82) is 0 Å². The number of nitrogens with zero attached hydrogens (tertiary/aromatic N) is 1. The van der Waals surface area contributed by atoms with Crippen LogP contribution in [-0.4, -0.2) is 35.8 Å². The van der Waals surface area contributed by atoms with Gasteiger partial charge in [0.25, 0.3) is 5.91 Å². The molecule has 1 N–H and O–H groups in total. The van der Waals surface area contributed by atoms with Gasteiger partial charge < -0.3 is 10.2 Å². The topological polar surface area (TPSA) is 49.4 Å². The number of hydrogen-bond donors (Lipinski definition) is 1. The van der Waals surface area contributed by atoms with Gasteiger partial charge in [-0.2, -0.15) is 0 Å². The van der Waals surface area contributed by atoms with Crippen LogP contribution >= 0.6 is 11.6 Å². The number of halogens is 1. The minimum atomic E-state index is -0.184. The van der Waals surface area contributed by atoms with Gasteiger partial charge in [0.2, 0.25) is 5.91 Å². The maximum absolute atomic E-state index is 12.0. The molecule has 2 rings (SSSR count). The second-order valence-electron chi connectivity index (χ2n) is 4.40. The first-order valence-corrected chi connectivity index (χ1v) is 6.26. The number of hydrogen-bond acceptors (Lipinski definition) is 2. The molecule has 1 aromatic carbocycles. The summed E-state index contributed by atoms with van der Waals surface area (Å²) in [5, 5.41) is 3.34. The van der Waals surface area contributed by atoms with Crippen molar-refractivity contribution < 1.29 is 9.59 Å². The minimum Gasteiger partial charge on any atom is -0.347 e. The van der Waals surface area contributed by atoms with E-state index in [1.807, 2.05) is 0 Å². The van der Waals surface area contributed by atoms with Crippen molar-refractivity contribution >= 4 is 23.4 Å². The van der Waals surface area contributed by atoms with E-state index in [0.29, 0.717) is 23.7 Å². The van der Waals surface area contributed by atoms with Crippen LogP contribution in [0, 0.1) is 0 Å². The minimum absolute atomic E-state index is 0.0117. The van der Waals surface area contributed by atoms with E-state index in [1.54, 1.807) is 29.2 Å². The van der Waals surface area contributed by atoms with Gasteiger partial charge in [-0.3, -0.25) is 9.59 Å². The lowest BCUT2D eigenvalue weighted by atomic mass is 10.2. The van der Waals surface area contributed by atoms with E-state index in [0.717, 1.165) is 6.42 Å². The van der Waals surface area contributed by atoms with Crippen molar-refractivity contribution in [2.24, 2.45) is 0 Å². The summed E-state index contributed by atoms with van der Waals surface area (Å²) >= 11 is 5.96. The standard InChI is InChI=1S/C13H15ClN2O2/c1-9(17)16-7-6-10(8-16)15-13(18)11-4-2-3-5-12(11)14/h2-5,10H,6-8H2,1H3,(H,15,18). The summed E-state index contributed by atoms with van der Waals surface area (Å²) in [7, 11) is 0. The van der Waals surface area contributed by atoms with E-state index in [-0.39, 0.29) is 17.9 Å². The van der Waals surface area contributed by atoms with Crippen molar-refractivity contribution in [3.63, 3.8) is 0 Å². The lowest BCUT2D eigenvalue weighted by Crippen LogP contribution is -2.38. The average Bonchev–Trinajstić information content (AvgIpc) is 2.78. The van der Waals surface area contributed by atoms with Crippen molar-refractivity contribution in [3.05, 3.63) is 34.9 Å². The van der Waals surface area contributed by atoms with Gasteiger partial charge in [0.1, 0.15) is 0 Å². The zero-order valence-electron chi connectivity index (χ0n) is 10.1. The second-order valence-corrected chi connectivity index (χ2v) is 4.81. The molecule has 0 radical (unpaired) electrons. The summed E-state index contributed by atoms with van der Waals surface area (Å²) in [4.78, 5) is 24.9. The van der Waals surface area contributed by atoms with Crippen LogP contribution in [0.3, 0.4) is 0 Å². The number of likely N-dealkylation sites (tertiary alicyclic amines) is 1. The molecular formula is C13H15ClN2O2. The predicted octanol–water partition coefficient (Wildman–Crippen LogP) is 1.69. The first-order chi connectivity index (χ1) is 8.58. The summed E-state index contributed by atoms with van der Waals surface area (Å²) in [5.74, 6) is -0.138. The normalized spacial score (nSPS) is 18.8. The molecule has 18 heavy (non-hydrogen) atoms. The fourth-order valence-electron chi connectivity index (χ4n) is 2.07. The van der Waals surface area contributed by atoms with Gasteiger partial charge in [0, 0.05) is 26.1 Å². The Hall–Kier alpha value is -1.55. The lowest BCUT2D eigenvalue weighted by Gasteiger charge is -2.15. The first-order valence-electron chi connectivity index (χ1n) is 5.89. The maximum atomic E-state index is 12.0. The number of nitrogens with one attached hydrogen (secondary N) is 1. The quantitative estimate of drug-likeness (QED) is 0.886. The summed E-state index contributed by atoms with van der Waals surface area (Å²) in [6.45, 7) is 2.81. The third kappa shape index (κ3) is 2.82. The van der Waals surface area contributed by atoms with E-state index < -0.39 is 0 Å². The SMILES string of the molecule is CC(=O)N1CCC(NC(=O)c2ccccc2Cl)C1. The van der Waals surface area contributed by atoms with Crippen LogP contribution in [0.1, 0.15) is 23.7 Å². The molecule has 0 bridgehead atoms. The molecule has 4 nitrogen and oxygen atoms in total. The zero-order chi connectivity index (χ0) is 13.1. The third-order valence-electron chi connectivity index (χ3n) is 3.09. The molecule has 5 heteroatoms. The van der Waals surface area contributed by atoms with Crippen molar-refractivity contribution in [2.75, 3.05) is 13.1 Å². The molecular weight excluding hydrogens is 252 g/mol. The molecule has 1 saturated heterocycles. The molecule has 1 atom stereocenters. The molecule has 96 valence electrons. The highest BCUT2D eigenvalue weighted by Crippen LogP contribution is 2.16. The van der Waals surface area contributed by atoms with Gasteiger partial charge in [-0.15, -0.1) is 0 Å². The molecule has 0 saturated carbocycles. The highest BCUT2D eigenvalue weighted by molar-refractivity contribution is 6.33. The van der Waals surface area contributed by atoms with Gasteiger partial charge in [0.05, 0.1) is 10.6 Å². The lowest BCUT2D eigenvalue weighted by molar-refractivity contribution is -0.127. The highest BCUT2D eigenvalue weighted by atomic mass is 35.5. The van der Waals surface area contributed by atoms with Crippen molar-refractivity contribution in [3.8, 4) is 0 Å². The molecule has 1 aliphatic rings. The Morgan fingerprint density at radius 2 is 2.11 bits per heavy atom. The van der Waals surface area contributed by atoms with E-state index >= 15 is 0 Å². The predicted molar refractivity (Wildman–Crippen MR) is 69.6 cm³/mol. The van der Waals surface area contributed by atoms with Gasteiger partial charge in [-0.25, -0.2) is 0 Å². The van der Waals surface area contributed by atoms with Gasteiger partial charge in [0.15, 0.2) is 0 Å². The van der Waals surface area contributed by atoms with E-state index in [9.17, 15) is 9.59 Å². The molecule has 1 fully saturated rings. The molecule has 1 aromatic rings. The van der Waals surface area contributed by atoms with Gasteiger partial charge in [-0.05, 0) is 18.6 Å². The Labute approximate surface area is 111 Å². The summed E-state index contributed by atoms with van der Waals surface area (Å²) < 4.78 is 0. The summed E-state index contributed by atoms with van der Waals surface area (Å²) in [5.41, 5.74) is 0.473. The van der Waals surface area contributed by atoms with E-state index in [4.69, 9.17) is 11.6 Å². The van der Waals surface area contributed by atoms with Crippen LogP contribution in [0.4, 0.5) is 0 Å². The third-order valence-corrected chi connectivity index (χ3v) is 3.42. The number of benzene rings is 1. The number of carbonyl (C=O) groups excluding carboxylic acids is 2. The number of carbonyl (C=O) groups is 2. The highest BCUT2D eigenvalue weighted by Gasteiger charge is 2.25. The van der Waals surface area contributed by atoms with E-state index in [1.165, 1.54) is 6.92 Å².